The van der Waals surface area contributed by atoms with Crippen molar-refractivity contribution in [2.75, 3.05) is 11.1 Å². The van der Waals surface area contributed by atoms with E-state index in [1.54, 1.807) is 36.9 Å². The molecule has 0 saturated heterocycles. The maximum Gasteiger partial charge on any atom is 0.212 e. The van der Waals surface area contributed by atoms with Crippen LogP contribution < -0.4 is 11.1 Å². The van der Waals surface area contributed by atoms with E-state index in [-0.39, 0.29) is 5.69 Å². The molecule has 2 atom stereocenters. The predicted molar refractivity (Wildman–Crippen MR) is 136 cm³/mol. The smallest absolute Gasteiger partial charge is 0.212 e. The van der Waals surface area contributed by atoms with Gasteiger partial charge in [0.1, 0.15) is 5.82 Å². The Morgan fingerprint density at radius 2 is 2.03 bits per heavy atom. The van der Waals surface area contributed by atoms with Crippen LogP contribution >= 0.6 is 0 Å². The molecule has 0 bridgehead atoms. The fraction of sp³-hybridized carbons (Fsp3) is 0.192. The number of benzene rings is 1. The predicted octanol–water partition coefficient (Wildman–Crippen LogP) is 4.31. The molecule has 4 heterocycles. The second-order valence-electron chi connectivity index (χ2n) is 8.80. The zero-order valence-electron chi connectivity index (χ0n) is 19.8. The fourth-order valence-corrected chi connectivity index (χ4v) is 4.39. The van der Waals surface area contributed by atoms with Gasteiger partial charge >= 0.3 is 0 Å². The lowest BCUT2D eigenvalue weighted by atomic mass is 9.98. The Hall–Kier alpha value is -4.60. The van der Waals surface area contributed by atoms with E-state index in [9.17, 15) is 9.18 Å². The molecule has 0 aliphatic heterocycles. The van der Waals surface area contributed by atoms with Crippen molar-refractivity contribution in [3.63, 3.8) is 0 Å². The number of nitrogens with one attached hydrogen (secondary N) is 2. The minimum Gasteiger partial charge on any atom is -0.396 e. The van der Waals surface area contributed by atoms with Gasteiger partial charge in [-0.05, 0) is 54.0 Å². The molecule has 1 aliphatic carbocycles. The molecule has 1 aromatic carbocycles. The molecule has 182 valence electrons. The van der Waals surface area contributed by atoms with Crippen LogP contribution in [0.2, 0.25) is 0 Å². The van der Waals surface area contributed by atoms with E-state index in [1.807, 2.05) is 31.0 Å². The normalized spacial score (nSPS) is 16.3. The summed E-state index contributed by atoms with van der Waals surface area (Å²) in [7, 11) is 1.96. The second kappa shape index (κ2) is 9.57. The number of imidazole rings is 1. The summed E-state index contributed by atoms with van der Waals surface area (Å²) in [6.07, 6.45) is 14.2. The third-order valence-electron chi connectivity index (χ3n) is 6.40. The van der Waals surface area contributed by atoms with Crippen LogP contribution in [0.1, 0.15) is 35.1 Å². The van der Waals surface area contributed by atoms with Crippen molar-refractivity contribution in [2.45, 2.75) is 25.2 Å². The summed E-state index contributed by atoms with van der Waals surface area (Å²) in [6.45, 7) is 1.88. The molecular formula is C26H25FN8O. The van der Waals surface area contributed by atoms with Crippen LogP contribution in [0.4, 0.5) is 15.9 Å². The topological polar surface area (TPSA) is 127 Å². The molecule has 6 rings (SSSR count). The number of aromatic amines is 1. The second-order valence-corrected chi connectivity index (χ2v) is 8.80. The first kappa shape index (κ1) is 23.2. The van der Waals surface area contributed by atoms with E-state index in [0.717, 1.165) is 5.56 Å². The van der Waals surface area contributed by atoms with Gasteiger partial charge in [-0.1, -0.05) is 0 Å². The van der Waals surface area contributed by atoms with Crippen LogP contribution in [-0.4, -0.2) is 36.1 Å². The number of nitrogens with zero attached hydrogens (tertiary/aromatic N) is 5. The highest BCUT2D eigenvalue weighted by atomic mass is 19.1. The van der Waals surface area contributed by atoms with Crippen LogP contribution in [0.3, 0.4) is 0 Å². The Morgan fingerprint density at radius 3 is 2.72 bits per heavy atom. The number of nitrogen functional groups attached to an aromatic ring is 1. The van der Waals surface area contributed by atoms with E-state index >= 15 is 0 Å². The quantitative estimate of drug-likeness (QED) is 0.252. The summed E-state index contributed by atoms with van der Waals surface area (Å²) in [4.78, 5) is 25.8. The molecule has 4 N–H and O–H groups in total. The number of nitrogens with two attached hydrogens (primary N) is 1. The van der Waals surface area contributed by atoms with Crippen LogP contribution in [0.5, 0.6) is 0 Å². The Morgan fingerprint density at radius 1 is 1.17 bits per heavy atom. The van der Waals surface area contributed by atoms with Crippen molar-refractivity contribution >= 4 is 28.7 Å². The van der Waals surface area contributed by atoms with Crippen molar-refractivity contribution in [1.29, 1.82) is 0 Å². The van der Waals surface area contributed by atoms with Gasteiger partial charge in [-0.25, -0.2) is 14.4 Å². The standard InChI is InChI=1S/C16H13FN4O.C10H12N4/c1-9-2-3-19-6-12(9)11-4-10-5-14(21-8-22)20-7-13(10)16(18)15(11)17;1-14-5-7(3-13-14)8-2-9(8)10-4-11-6-12-10/h2-8H,18H2,1H3,(H,20,21,22);3-6,8-9H,2H2,1H3,(H,11,12). The van der Waals surface area contributed by atoms with E-state index in [0.29, 0.717) is 46.0 Å². The minimum absolute atomic E-state index is 0.0286. The number of amides is 1. The summed E-state index contributed by atoms with van der Waals surface area (Å²) >= 11 is 0. The lowest BCUT2D eigenvalue weighted by Gasteiger charge is -2.12. The Balaban J connectivity index is 0.000000163. The summed E-state index contributed by atoms with van der Waals surface area (Å²) in [5, 5.41) is 7.84. The van der Waals surface area contributed by atoms with Gasteiger partial charge in [0.2, 0.25) is 6.41 Å². The first-order chi connectivity index (χ1) is 17.5. The van der Waals surface area contributed by atoms with Gasteiger partial charge < -0.3 is 16.0 Å². The third kappa shape index (κ3) is 4.52. The molecule has 0 spiro atoms. The summed E-state index contributed by atoms with van der Waals surface area (Å²) in [5.74, 6) is 1.15. The van der Waals surface area contributed by atoms with Gasteiger partial charge in [0.25, 0.3) is 0 Å². The monoisotopic (exact) mass is 484 g/mol. The first-order valence-electron chi connectivity index (χ1n) is 11.4. The van der Waals surface area contributed by atoms with Crippen molar-refractivity contribution in [3.8, 4) is 11.1 Å². The largest absolute Gasteiger partial charge is 0.396 e. The molecule has 1 aliphatic rings. The number of pyridine rings is 2. The number of hydrogen-bond acceptors (Lipinski definition) is 6. The van der Waals surface area contributed by atoms with Crippen LogP contribution in [-0.2, 0) is 11.8 Å². The average molecular weight is 485 g/mol. The molecule has 9 nitrogen and oxygen atoms in total. The number of rotatable bonds is 5. The zero-order valence-corrected chi connectivity index (χ0v) is 19.8. The van der Waals surface area contributed by atoms with Crippen molar-refractivity contribution in [2.24, 2.45) is 7.05 Å². The van der Waals surface area contributed by atoms with Crippen LogP contribution in [0.15, 0.2) is 61.7 Å². The lowest BCUT2D eigenvalue weighted by molar-refractivity contribution is -0.105. The van der Waals surface area contributed by atoms with Crippen LogP contribution in [0, 0.1) is 12.7 Å². The fourth-order valence-electron chi connectivity index (χ4n) is 4.39. The van der Waals surface area contributed by atoms with E-state index in [4.69, 9.17) is 5.73 Å². The maximum absolute atomic E-state index is 14.6. The number of carbonyl (C=O) groups excluding carboxylic acids is 1. The van der Waals surface area contributed by atoms with E-state index in [2.05, 4.69) is 36.5 Å². The molecule has 2 unspecified atom stereocenters. The Kier molecular flexibility index (Phi) is 6.16. The van der Waals surface area contributed by atoms with Gasteiger partial charge in [-0.2, -0.15) is 5.10 Å². The number of H-pyrrole nitrogens is 1. The third-order valence-corrected chi connectivity index (χ3v) is 6.40. The lowest BCUT2D eigenvalue weighted by Crippen LogP contribution is -2.00. The van der Waals surface area contributed by atoms with Gasteiger partial charge in [0.05, 0.1) is 18.2 Å². The summed E-state index contributed by atoms with van der Waals surface area (Å²) in [6, 6.07) is 5.14. The molecular weight excluding hydrogens is 459 g/mol. The molecule has 1 fully saturated rings. The van der Waals surface area contributed by atoms with Gasteiger partial charge in [0, 0.05) is 66.2 Å². The SMILES string of the molecule is Cc1ccncc1-c1cc2cc(NC=O)ncc2c(N)c1F.Cn1cc(C2CC2c2cnc[nH]2)cn1. The van der Waals surface area contributed by atoms with Crippen molar-refractivity contribution in [3.05, 3.63) is 84.3 Å². The van der Waals surface area contributed by atoms with Crippen LogP contribution in [0.25, 0.3) is 21.9 Å². The minimum atomic E-state index is -0.499. The highest BCUT2D eigenvalue weighted by molar-refractivity contribution is 5.98. The number of carbonyl (C=O) groups is 1. The van der Waals surface area contributed by atoms with Gasteiger partial charge in [-0.15, -0.1) is 0 Å². The summed E-state index contributed by atoms with van der Waals surface area (Å²) < 4.78 is 16.5. The molecule has 1 amide bonds. The molecule has 4 aromatic heterocycles. The number of aryl methyl sites for hydroxylation is 2. The van der Waals surface area contributed by atoms with Gasteiger partial charge in [0.15, 0.2) is 5.82 Å². The Bertz CT molecular complexity index is 1530. The summed E-state index contributed by atoms with van der Waals surface area (Å²) in [5.41, 5.74) is 10.5. The number of fused-ring (bicyclic) bond motifs is 1. The first-order valence-corrected chi connectivity index (χ1v) is 11.4. The highest BCUT2D eigenvalue weighted by Gasteiger charge is 2.41. The molecule has 1 saturated carbocycles. The van der Waals surface area contributed by atoms with E-state index in [1.165, 1.54) is 23.9 Å². The van der Waals surface area contributed by atoms with Crippen molar-refractivity contribution in [1.82, 2.24) is 29.7 Å². The Labute approximate surface area is 206 Å². The van der Waals surface area contributed by atoms with Crippen molar-refractivity contribution < 1.29 is 9.18 Å². The average Bonchev–Trinajstić information content (AvgIpc) is 3.24. The molecule has 10 heteroatoms. The number of anilines is 2. The molecule has 0 radical (unpaired) electrons. The maximum atomic E-state index is 14.6. The van der Waals surface area contributed by atoms with Gasteiger partial charge in [-0.3, -0.25) is 14.5 Å². The number of halogens is 1. The molecule has 36 heavy (non-hydrogen) atoms. The van der Waals surface area contributed by atoms with E-state index < -0.39 is 5.82 Å². The number of hydrogen-bond donors (Lipinski definition) is 3. The zero-order chi connectivity index (χ0) is 25.2. The highest BCUT2D eigenvalue weighted by Crippen LogP contribution is 2.53. The number of aromatic nitrogens is 6. The molecule has 5 aromatic rings.